The number of hydrogen-bond donors (Lipinski definition) is 0. The molecule has 0 aliphatic carbocycles. The largest absolute Gasteiger partial charge is 0.497 e. The lowest BCUT2D eigenvalue weighted by Crippen LogP contribution is -2.07. The number of unbranched alkanes of at least 4 members (excludes halogenated alkanes) is 1. The fraction of sp³-hybridized carbons (Fsp3) is 0.207. The maximum Gasteiger partial charge on any atom is 0.338 e. The van der Waals surface area contributed by atoms with Gasteiger partial charge < -0.3 is 9.47 Å². The number of carbonyl (C=O) groups is 1. The number of fused-ring (bicyclic) bond motifs is 3. The van der Waals surface area contributed by atoms with E-state index in [4.69, 9.17) is 9.47 Å². The van der Waals surface area contributed by atoms with Gasteiger partial charge >= 0.3 is 5.97 Å². The average Bonchev–Trinajstić information content (AvgIpc) is 2.85. The van der Waals surface area contributed by atoms with Crippen molar-refractivity contribution < 1.29 is 14.3 Å². The predicted octanol–water partition coefficient (Wildman–Crippen LogP) is 7.43. The SMILES string of the molecule is C/C=C(\CCCCOC(=O)c1cc2ccccc2c2ccccc12)c1ccc(OC)cc1. The number of ether oxygens (including phenoxy) is 2. The topological polar surface area (TPSA) is 35.5 Å². The Morgan fingerprint density at radius 2 is 1.53 bits per heavy atom. The molecule has 0 amide bonds. The number of benzene rings is 4. The Kier molecular flexibility index (Phi) is 6.86. The van der Waals surface area contributed by atoms with E-state index in [1.165, 1.54) is 11.1 Å². The zero-order valence-corrected chi connectivity index (χ0v) is 18.6. The van der Waals surface area contributed by atoms with Crippen LogP contribution < -0.4 is 4.74 Å². The van der Waals surface area contributed by atoms with Crippen molar-refractivity contribution in [2.24, 2.45) is 0 Å². The third-order valence-corrected chi connectivity index (χ3v) is 5.87. The Labute approximate surface area is 189 Å². The molecule has 0 radical (unpaired) electrons. The highest BCUT2D eigenvalue weighted by molar-refractivity contribution is 6.15. The highest BCUT2D eigenvalue weighted by Crippen LogP contribution is 2.29. The van der Waals surface area contributed by atoms with Gasteiger partial charge in [-0.1, -0.05) is 66.7 Å². The standard InChI is InChI=1S/C29H28O3/c1-3-21(22-15-17-24(31-2)18-16-22)10-8-9-19-32-29(30)28-20-23-11-4-5-12-25(23)26-13-6-7-14-27(26)28/h3-7,11-18,20H,8-10,19H2,1-2H3/b21-3+. The summed E-state index contributed by atoms with van der Waals surface area (Å²) in [5, 5.41) is 4.22. The zero-order valence-electron chi connectivity index (χ0n) is 18.6. The van der Waals surface area contributed by atoms with Gasteiger partial charge in [0, 0.05) is 0 Å². The molecule has 0 spiro atoms. The van der Waals surface area contributed by atoms with Crippen LogP contribution in [0.2, 0.25) is 0 Å². The summed E-state index contributed by atoms with van der Waals surface area (Å²) in [7, 11) is 1.67. The first kappa shape index (κ1) is 21.6. The highest BCUT2D eigenvalue weighted by Gasteiger charge is 2.14. The molecule has 0 heterocycles. The van der Waals surface area contributed by atoms with Gasteiger partial charge in [-0.3, -0.25) is 0 Å². The second kappa shape index (κ2) is 10.1. The Bertz CT molecular complexity index is 1250. The van der Waals surface area contributed by atoms with Crippen LogP contribution in [0, 0.1) is 0 Å². The Hall–Kier alpha value is -3.59. The molecule has 0 saturated carbocycles. The summed E-state index contributed by atoms with van der Waals surface area (Å²) in [6.07, 6.45) is 4.87. The van der Waals surface area contributed by atoms with Gasteiger partial charge in [-0.25, -0.2) is 4.79 Å². The molecule has 4 aromatic carbocycles. The molecule has 0 fully saturated rings. The van der Waals surface area contributed by atoms with Crippen molar-refractivity contribution in [3.05, 3.63) is 96.1 Å². The summed E-state index contributed by atoms with van der Waals surface area (Å²) in [6.45, 7) is 2.48. The molecular formula is C29H28O3. The molecular weight excluding hydrogens is 396 g/mol. The van der Waals surface area contributed by atoms with Crippen molar-refractivity contribution in [2.75, 3.05) is 13.7 Å². The van der Waals surface area contributed by atoms with Crippen LogP contribution >= 0.6 is 0 Å². The van der Waals surface area contributed by atoms with E-state index in [-0.39, 0.29) is 5.97 Å². The third-order valence-electron chi connectivity index (χ3n) is 5.87. The molecule has 0 atom stereocenters. The predicted molar refractivity (Wildman–Crippen MR) is 132 cm³/mol. The maximum absolute atomic E-state index is 12.9. The lowest BCUT2D eigenvalue weighted by atomic mass is 9.97. The first-order valence-corrected chi connectivity index (χ1v) is 11.1. The summed E-state index contributed by atoms with van der Waals surface area (Å²) in [6, 6.07) is 26.2. The van der Waals surface area contributed by atoms with Crippen molar-refractivity contribution in [2.45, 2.75) is 26.2 Å². The van der Waals surface area contributed by atoms with Gasteiger partial charge in [-0.2, -0.15) is 0 Å². The second-order valence-corrected chi connectivity index (χ2v) is 7.83. The monoisotopic (exact) mass is 424 g/mol. The summed E-state index contributed by atoms with van der Waals surface area (Å²) < 4.78 is 10.9. The van der Waals surface area contributed by atoms with Gasteiger partial charge in [0.1, 0.15) is 5.75 Å². The molecule has 32 heavy (non-hydrogen) atoms. The van der Waals surface area contributed by atoms with Crippen LogP contribution in [0.4, 0.5) is 0 Å². The Balaban J connectivity index is 1.37. The summed E-state index contributed by atoms with van der Waals surface area (Å²) in [5.74, 6) is 0.602. The lowest BCUT2D eigenvalue weighted by Gasteiger charge is -2.11. The van der Waals surface area contributed by atoms with Crippen LogP contribution in [-0.2, 0) is 4.74 Å². The van der Waals surface area contributed by atoms with Gasteiger partial charge in [-0.05, 0) is 77.1 Å². The van der Waals surface area contributed by atoms with Crippen LogP contribution in [0.1, 0.15) is 42.1 Å². The van der Waals surface area contributed by atoms with Crippen molar-refractivity contribution in [3.63, 3.8) is 0 Å². The minimum absolute atomic E-state index is 0.256. The molecule has 3 nitrogen and oxygen atoms in total. The average molecular weight is 425 g/mol. The van der Waals surface area contributed by atoms with Gasteiger partial charge in [-0.15, -0.1) is 0 Å². The molecule has 4 rings (SSSR count). The number of carbonyl (C=O) groups excluding carboxylic acids is 1. The molecule has 4 aromatic rings. The van der Waals surface area contributed by atoms with Crippen LogP contribution in [0.5, 0.6) is 5.75 Å². The first-order valence-electron chi connectivity index (χ1n) is 11.1. The van der Waals surface area contributed by atoms with Crippen molar-refractivity contribution >= 4 is 33.1 Å². The number of hydrogen-bond acceptors (Lipinski definition) is 3. The van der Waals surface area contributed by atoms with Crippen LogP contribution in [0.25, 0.3) is 27.1 Å². The van der Waals surface area contributed by atoms with E-state index in [2.05, 4.69) is 37.3 Å². The van der Waals surface area contributed by atoms with Gasteiger partial charge in [0.15, 0.2) is 0 Å². The van der Waals surface area contributed by atoms with E-state index in [0.717, 1.165) is 46.6 Å². The van der Waals surface area contributed by atoms with E-state index < -0.39 is 0 Å². The molecule has 0 aliphatic heterocycles. The van der Waals surface area contributed by atoms with Crippen LogP contribution in [-0.4, -0.2) is 19.7 Å². The molecule has 162 valence electrons. The number of allylic oxidation sites excluding steroid dienone is 2. The number of esters is 1. The summed E-state index contributed by atoms with van der Waals surface area (Å²) in [5.41, 5.74) is 3.12. The molecule has 0 unspecified atom stereocenters. The highest BCUT2D eigenvalue weighted by atomic mass is 16.5. The first-order chi connectivity index (χ1) is 15.7. The molecule has 0 bridgehead atoms. The van der Waals surface area contributed by atoms with Gasteiger partial charge in [0.2, 0.25) is 0 Å². The van der Waals surface area contributed by atoms with E-state index in [9.17, 15) is 4.79 Å². The van der Waals surface area contributed by atoms with Gasteiger partial charge in [0.05, 0.1) is 19.3 Å². The molecule has 0 aliphatic rings. The quantitative estimate of drug-likeness (QED) is 0.168. The van der Waals surface area contributed by atoms with E-state index in [0.29, 0.717) is 12.2 Å². The van der Waals surface area contributed by atoms with Crippen LogP contribution in [0.3, 0.4) is 0 Å². The normalized spacial score (nSPS) is 11.6. The van der Waals surface area contributed by atoms with Crippen molar-refractivity contribution in [1.29, 1.82) is 0 Å². The summed E-state index contributed by atoms with van der Waals surface area (Å²) >= 11 is 0. The van der Waals surface area contributed by atoms with Gasteiger partial charge in [0.25, 0.3) is 0 Å². The Morgan fingerprint density at radius 1 is 0.844 bits per heavy atom. The fourth-order valence-electron chi connectivity index (χ4n) is 4.14. The third kappa shape index (κ3) is 4.67. The minimum Gasteiger partial charge on any atom is -0.497 e. The lowest BCUT2D eigenvalue weighted by molar-refractivity contribution is 0.0501. The zero-order chi connectivity index (χ0) is 22.3. The second-order valence-electron chi connectivity index (χ2n) is 7.83. The molecule has 0 saturated heterocycles. The number of rotatable bonds is 8. The van der Waals surface area contributed by atoms with Crippen LogP contribution in [0.15, 0.2) is 84.9 Å². The molecule has 0 N–H and O–H groups in total. The number of methoxy groups -OCH3 is 1. The summed E-state index contributed by atoms with van der Waals surface area (Å²) in [4.78, 5) is 12.9. The van der Waals surface area contributed by atoms with Crippen molar-refractivity contribution in [3.8, 4) is 5.75 Å². The maximum atomic E-state index is 12.9. The minimum atomic E-state index is -0.256. The Morgan fingerprint density at radius 3 is 2.25 bits per heavy atom. The fourth-order valence-corrected chi connectivity index (χ4v) is 4.14. The van der Waals surface area contributed by atoms with E-state index in [1.807, 2.05) is 54.6 Å². The van der Waals surface area contributed by atoms with E-state index >= 15 is 0 Å². The smallest absolute Gasteiger partial charge is 0.338 e. The van der Waals surface area contributed by atoms with E-state index in [1.54, 1.807) is 7.11 Å². The molecule has 3 heteroatoms. The molecule has 0 aromatic heterocycles. The van der Waals surface area contributed by atoms with Crippen molar-refractivity contribution in [1.82, 2.24) is 0 Å².